The quantitative estimate of drug-likeness (QED) is 0.570. The molecule has 1 amide bonds. The molecule has 4 nitrogen and oxygen atoms in total. The molecule has 0 aliphatic rings. The van der Waals surface area contributed by atoms with E-state index in [0.717, 1.165) is 0 Å². The predicted octanol–water partition coefficient (Wildman–Crippen LogP) is -0.327. The fraction of sp³-hybridized carbons (Fsp3) is 0.750. The lowest BCUT2D eigenvalue weighted by atomic mass is 10.0. The van der Waals surface area contributed by atoms with Crippen molar-refractivity contribution in [2.24, 2.45) is 11.7 Å². The minimum atomic E-state index is -0.535. The summed E-state index contributed by atoms with van der Waals surface area (Å²) in [4.78, 5) is 21.3. The molecule has 0 radical (unpaired) electrons. The van der Waals surface area contributed by atoms with Gasteiger partial charge in [0.05, 0.1) is 12.1 Å². The summed E-state index contributed by atoms with van der Waals surface area (Å²) in [6.45, 7) is 5.32. The molecular formula is C8H16N2O2. The first-order valence-corrected chi connectivity index (χ1v) is 4.00. The second kappa shape index (κ2) is 4.87. The minimum absolute atomic E-state index is 0.0869. The highest BCUT2D eigenvalue weighted by Crippen LogP contribution is 1.97. The Balaban J connectivity index is 3.95. The zero-order valence-electron chi connectivity index (χ0n) is 7.70. The molecule has 0 heterocycles. The zero-order valence-corrected chi connectivity index (χ0v) is 7.70. The Morgan fingerprint density at radius 1 is 1.42 bits per heavy atom. The van der Waals surface area contributed by atoms with Gasteiger partial charge in [-0.25, -0.2) is 0 Å². The Morgan fingerprint density at radius 3 is 2.25 bits per heavy atom. The van der Waals surface area contributed by atoms with E-state index < -0.39 is 12.1 Å². The molecule has 0 aliphatic heterocycles. The van der Waals surface area contributed by atoms with Crippen molar-refractivity contribution >= 4 is 12.2 Å². The summed E-state index contributed by atoms with van der Waals surface area (Å²) in [5.41, 5.74) is 5.54. The summed E-state index contributed by atoms with van der Waals surface area (Å²) in [7, 11) is 0. The van der Waals surface area contributed by atoms with Gasteiger partial charge in [0.15, 0.2) is 0 Å². The Hall–Kier alpha value is -0.900. The van der Waals surface area contributed by atoms with Crippen LogP contribution >= 0.6 is 0 Å². The second-order valence-corrected chi connectivity index (χ2v) is 3.20. The van der Waals surface area contributed by atoms with Crippen LogP contribution in [0.25, 0.3) is 0 Å². The number of aldehydes is 1. The lowest BCUT2D eigenvalue weighted by Crippen LogP contribution is -2.47. The molecule has 0 rings (SSSR count). The van der Waals surface area contributed by atoms with Crippen molar-refractivity contribution in [3.8, 4) is 0 Å². The van der Waals surface area contributed by atoms with E-state index in [0.29, 0.717) is 6.29 Å². The smallest absolute Gasteiger partial charge is 0.237 e. The zero-order chi connectivity index (χ0) is 9.72. The molecule has 0 aliphatic carbocycles. The number of hydrogen-bond donors (Lipinski definition) is 2. The lowest BCUT2D eigenvalue weighted by Gasteiger charge is -2.16. The van der Waals surface area contributed by atoms with Crippen LogP contribution < -0.4 is 11.1 Å². The van der Waals surface area contributed by atoms with Crippen LogP contribution in [0, 0.1) is 5.92 Å². The van der Waals surface area contributed by atoms with Gasteiger partial charge in [-0.3, -0.25) is 4.79 Å². The fourth-order valence-electron chi connectivity index (χ4n) is 0.657. The highest BCUT2D eigenvalue weighted by atomic mass is 16.2. The van der Waals surface area contributed by atoms with Crippen molar-refractivity contribution in [3.63, 3.8) is 0 Å². The molecule has 0 bridgehead atoms. The lowest BCUT2D eigenvalue weighted by molar-refractivity contribution is -0.125. The van der Waals surface area contributed by atoms with Gasteiger partial charge in [-0.2, -0.15) is 0 Å². The maximum Gasteiger partial charge on any atom is 0.237 e. The number of rotatable bonds is 4. The molecule has 2 atom stereocenters. The maximum atomic E-state index is 11.2. The highest BCUT2D eigenvalue weighted by Gasteiger charge is 2.18. The third-order valence-electron chi connectivity index (χ3n) is 1.60. The normalized spacial score (nSPS) is 15.4. The first-order valence-electron chi connectivity index (χ1n) is 4.00. The maximum absolute atomic E-state index is 11.2. The number of hydrogen-bond acceptors (Lipinski definition) is 3. The molecule has 0 aromatic rings. The Labute approximate surface area is 72.5 Å². The van der Waals surface area contributed by atoms with E-state index in [9.17, 15) is 9.59 Å². The van der Waals surface area contributed by atoms with Crippen LogP contribution in [-0.4, -0.2) is 24.3 Å². The third kappa shape index (κ3) is 3.48. The van der Waals surface area contributed by atoms with Gasteiger partial charge < -0.3 is 15.8 Å². The summed E-state index contributed by atoms with van der Waals surface area (Å²) < 4.78 is 0. The van der Waals surface area contributed by atoms with Crippen LogP contribution in [0.3, 0.4) is 0 Å². The number of carbonyl (C=O) groups excluding carboxylic acids is 2. The van der Waals surface area contributed by atoms with Gasteiger partial charge in [-0.1, -0.05) is 13.8 Å². The topological polar surface area (TPSA) is 72.2 Å². The van der Waals surface area contributed by atoms with Crippen molar-refractivity contribution in [1.82, 2.24) is 5.32 Å². The average molecular weight is 172 g/mol. The van der Waals surface area contributed by atoms with Crippen molar-refractivity contribution in [2.75, 3.05) is 0 Å². The van der Waals surface area contributed by atoms with E-state index in [1.54, 1.807) is 6.92 Å². The van der Waals surface area contributed by atoms with E-state index in [1.807, 2.05) is 13.8 Å². The average Bonchev–Trinajstić information content (AvgIpc) is 2.02. The van der Waals surface area contributed by atoms with Crippen molar-refractivity contribution < 1.29 is 9.59 Å². The van der Waals surface area contributed by atoms with Crippen molar-refractivity contribution in [1.29, 1.82) is 0 Å². The number of amides is 1. The van der Waals surface area contributed by atoms with Gasteiger partial charge in [-0.05, 0) is 12.8 Å². The van der Waals surface area contributed by atoms with E-state index in [-0.39, 0.29) is 11.8 Å². The molecular weight excluding hydrogens is 156 g/mol. The van der Waals surface area contributed by atoms with Gasteiger partial charge in [0.2, 0.25) is 5.91 Å². The standard InChI is InChI=1S/C8H16N2O2/c1-5(2)7(9)8(12)10-6(3)4-11/h4-7H,9H2,1-3H3,(H,10,12)/t6-,7-/m0/s1. The van der Waals surface area contributed by atoms with Crippen LogP contribution in [0.4, 0.5) is 0 Å². The van der Waals surface area contributed by atoms with E-state index in [2.05, 4.69) is 5.32 Å². The molecule has 0 fully saturated rings. The van der Waals surface area contributed by atoms with Gasteiger partial charge in [0.25, 0.3) is 0 Å². The van der Waals surface area contributed by atoms with Gasteiger partial charge >= 0.3 is 0 Å². The molecule has 4 heteroatoms. The first-order chi connectivity index (χ1) is 5.49. The minimum Gasteiger partial charge on any atom is -0.346 e. The summed E-state index contributed by atoms with van der Waals surface area (Å²) in [5, 5.41) is 2.48. The van der Waals surface area contributed by atoms with Gasteiger partial charge in [-0.15, -0.1) is 0 Å². The molecule has 0 aromatic carbocycles. The molecule has 0 saturated heterocycles. The SMILES string of the molecule is CC(C)[C@H](N)C(=O)N[C@@H](C)C=O. The summed E-state index contributed by atoms with van der Waals surface area (Å²) in [6, 6.07) is -0.991. The predicted molar refractivity (Wildman–Crippen MR) is 46.5 cm³/mol. The molecule has 0 aromatic heterocycles. The number of nitrogens with one attached hydrogen (secondary N) is 1. The Bertz CT molecular complexity index is 168. The van der Waals surface area contributed by atoms with Crippen LogP contribution in [-0.2, 0) is 9.59 Å². The molecule has 0 saturated carbocycles. The number of carbonyl (C=O) groups is 2. The molecule has 12 heavy (non-hydrogen) atoms. The number of nitrogens with two attached hydrogens (primary N) is 1. The fourth-order valence-corrected chi connectivity index (χ4v) is 0.657. The monoisotopic (exact) mass is 172 g/mol. The summed E-state index contributed by atoms with van der Waals surface area (Å²) in [6.07, 6.45) is 0.672. The van der Waals surface area contributed by atoms with Gasteiger partial charge in [0, 0.05) is 0 Å². The Morgan fingerprint density at radius 2 is 1.92 bits per heavy atom. The van der Waals surface area contributed by atoms with Gasteiger partial charge in [0.1, 0.15) is 6.29 Å². The highest BCUT2D eigenvalue weighted by molar-refractivity contribution is 5.84. The van der Waals surface area contributed by atoms with Crippen LogP contribution in [0.15, 0.2) is 0 Å². The van der Waals surface area contributed by atoms with Crippen LogP contribution in [0.1, 0.15) is 20.8 Å². The van der Waals surface area contributed by atoms with Crippen LogP contribution in [0.5, 0.6) is 0 Å². The second-order valence-electron chi connectivity index (χ2n) is 3.20. The van der Waals surface area contributed by atoms with Crippen molar-refractivity contribution in [2.45, 2.75) is 32.9 Å². The van der Waals surface area contributed by atoms with E-state index in [1.165, 1.54) is 0 Å². The van der Waals surface area contributed by atoms with E-state index >= 15 is 0 Å². The molecule has 0 unspecified atom stereocenters. The first kappa shape index (κ1) is 11.1. The summed E-state index contributed by atoms with van der Waals surface area (Å²) in [5.74, 6) is -0.187. The van der Waals surface area contributed by atoms with Crippen molar-refractivity contribution in [3.05, 3.63) is 0 Å². The molecule has 70 valence electrons. The summed E-state index contributed by atoms with van der Waals surface area (Å²) >= 11 is 0. The third-order valence-corrected chi connectivity index (χ3v) is 1.60. The van der Waals surface area contributed by atoms with Crippen LogP contribution in [0.2, 0.25) is 0 Å². The largest absolute Gasteiger partial charge is 0.346 e. The van der Waals surface area contributed by atoms with E-state index in [4.69, 9.17) is 5.73 Å². The molecule has 0 spiro atoms. The Kier molecular flexibility index (Phi) is 4.51. The molecule has 3 N–H and O–H groups in total.